The molecule has 0 aromatic heterocycles. The van der Waals surface area contributed by atoms with E-state index in [2.05, 4.69) is 9.05 Å². The van der Waals surface area contributed by atoms with Crippen LogP contribution in [0.2, 0.25) is 0 Å². The van der Waals surface area contributed by atoms with E-state index in [4.69, 9.17) is 0 Å². The molecule has 1 rings (SSSR count). The predicted molar refractivity (Wildman–Crippen MR) is 57.6 cm³/mol. The number of hydrogen-bond donors (Lipinski definition) is 1. The molecular weight excluding hydrogens is 234 g/mol. The normalized spacial score (nSPS) is 15.8. The van der Waals surface area contributed by atoms with Gasteiger partial charge in [0.25, 0.3) is 0 Å². The van der Waals surface area contributed by atoms with Crippen LogP contribution in [-0.4, -0.2) is 19.3 Å². The minimum Gasteiger partial charge on any atom is -0.373 e. The molecular formula is C10H14FO4P. The molecule has 0 saturated carbocycles. The van der Waals surface area contributed by atoms with E-state index in [9.17, 15) is 14.1 Å². The van der Waals surface area contributed by atoms with Crippen LogP contribution in [0.4, 0.5) is 4.39 Å². The summed E-state index contributed by atoms with van der Waals surface area (Å²) in [4.78, 5) is 0. The molecule has 90 valence electrons. The number of aliphatic hydroxyl groups is 1. The summed E-state index contributed by atoms with van der Waals surface area (Å²) in [5.41, 5.74) is -0.123. The van der Waals surface area contributed by atoms with Crippen molar-refractivity contribution in [1.82, 2.24) is 0 Å². The molecule has 0 radical (unpaired) electrons. The van der Waals surface area contributed by atoms with Crippen LogP contribution in [0, 0.1) is 5.82 Å². The number of rotatable bonds is 4. The first-order chi connectivity index (χ1) is 7.39. The van der Waals surface area contributed by atoms with Crippen LogP contribution in [0.25, 0.3) is 0 Å². The van der Waals surface area contributed by atoms with E-state index < -0.39 is 18.8 Å². The number of benzene rings is 1. The number of hydrogen-bond acceptors (Lipinski definition) is 4. The van der Waals surface area contributed by atoms with Gasteiger partial charge in [-0.3, -0.25) is 4.57 Å². The third-order valence-corrected chi connectivity index (χ3v) is 4.67. The smallest absolute Gasteiger partial charge is 0.365 e. The van der Waals surface area contributed by atoms with Gasteiger partial charge in [-0.15, -0.1) is 0 Å². The molecule has 0 amide bonds. The van der Waals surface area contributed by atoms with E-state index >= 15 is 0 Å². The minimum atomic E-state index is -3.82. The maximum absolute atomic E-state index is 13.5. The molecule has 0 aliphatic rings. The van der Waals surface area contributed by atoms with Crippen molar-refractivity contribution in [3.8, 4) is 0 Å². The van der Waals surface area contributed by atoms with Gasteiger partial charge in [-0.05, 0) is 13.0 Å². The molecule has 4 nitrogen and oxygen atoms in total. The van der Waals surface area contributed by atoms with Gasteiger partial charge < -0.3 is 14.2 Å². The zero-order valence-corrected chi connectivity index (χ0v) is 10.2. The maximum atomic E-state index is 13.5. The highest BCUT2D eigenvalue weighted by atomic mass is 31.2. The van der Waals surface area contributed by atoms with Crippen molar-refractivity contribution in [3.05, 3.63) is 35.6 Å². The molecule has 1 aromatic rings. The highest BCUT2D eigenvalue weighted by Crippen LogP contribution is 2.62. The van der Waals surface area contributed by atoms with Crippen LogP contribution in [-0.2, 0) is 19.0 Å². The topological polar surface area (TPSA) is 55.8 Å². The van der Waals surface area contributed by atoms with Gasteiger partial charge in [0.05, 0.1) is 0 Å². The van der Waals surface area contributed by atoms with E-state index in [0.29, 0.717) is 0 Å². The first-order valence-corrected chi connectivity index (χ1v) is 6.12. The van der Waals surface area contributed by atoms with Crippen molar-refractivity contribution in [3.63, 3.8) is 0 Å². The molecule has 1 atom stereocenters. The lowest BCUT2D eigenvalue weighted by atomic mass is 10.1. The first-order valence-electron chi connectivity index (χ1n) is 4.58. The molecule has 0 unspecified atom stereocenters. The summed E-state index contributed by atoms with van der Waals surface area (Å²) in [6.07, 6.45) is 0. The summed E-state index contributed by atoms with van der Waals surface area (Å²) in [5.74, 6) is -0.665. The third kappa shape index (κ3) is 2.04. The van der Waals surface area contributed by atoms with Gasteiger partial charge in [-0.2, -0.15) is 0 Å². The Morgan fingerprint density at radius 3 is 2.25 bits per heavy atom. The highest BCUT2D eigenvalue weighted by Gasteiger charge is 2.47. The van der Waals surface area contributed by atoms with Crippen LogP contribution in [0.1, 0.15) is 12.5 Å². The largest absolute Gasteiger partial charge is 0.373 e. The van der Waals surface area contributed by atoms with Gasteiger partial charge in [-0.25, -0.2) is 4.39 Å². The molecule has 16 heavy (non-hydrogen) atoms. The molecule has 0 bridgehead atoms. The Morgan fingerprint density at radius 1 is 1.31 bits per heavy atom. The van der Waals surface area contributed by atoms with Crippen LogP contribution < -0.4 is 0 Å². The third-order valence-electron chi connectivity index (χ3n) is 2.40. The van der Waals surface area contributed by atoms with Crippen molar-refractivity contribution >= 4 is 7.60 Å². The van der Waals surface area contributed by atoms with Crippen molar-refractivity contribution in [2.45, 2.75) is 12.3 Å². The molecule has 6 heteroatoms. The molecule has 0 spiro atoms. The molecule has 0 aliphatic heterocycles. The second-order valence-electron chi connectivity index (χ2n) is 3.36. The lowest BCUT2D eigenvalue weighted by Crippen LogP contribution is -2.24. The Hall–Kier alpha value is -0.740. The summed E-state index contributed by atoms with van der Waals surface area (Å²) >= 11 is 0. The SMILES string of the molecule is COP(=O)(OC)[C@@](C)(O)c1ccccc1F. The van der Waals surface area contributed by atoms with Crippen LogP contribution in [0.15, 0.2) is 24.3 Å². The molecule has 1 N–H and O–H groups in total. The monoisotopic (exact) mass is 248 g/mol. The lowest BCUT2D eigenvalue weighted by molar-refractivity contribution is 0.0899. The summed E-state index contributed by atoms with van der Waals surface area (Å²) in [6, 6.07) is 5.50. The van der Waals surface area contributed by atoms with Gasteiger partial charge in [0.2, 0.25) is 0 Å². The van der Waals surface area contributed by atoms with E-state index in [0.717, 1.165) is 14.2 Å². The average Bonchev–Trinajstić information content (AvgIpc) is 2.28. The Bertz CT molecular complexity index is 411. The Morgan fingerprint density at radius 2 is 1.81 bits per heavy atom. The molecule has 0 fully saturated rings. The van der Waals surface area contributed by atoms with Gasteiger partial charge in [0, 0.05) is 19.8 Å². The summed E-state index contributed by atoms with van der Waals surface area (Å²) in [7, 11) is -1.54. The fraction of sp³-hybridized carbons (Fsp3) is 0.400. The average molecular weight is 248 g/mol. The van der Waals surface area contributed by atoms with Crippen molar-refractivity contribution in [2.24, 2.45) is 0 Å². The zero-order chi connectivity index (χ0) is 12.4. The minimum absolute atomic E-state index is 0.123. The second-order valence-corrected chi connectivity index (χ2v) is 5.96. The van der Waals surface area contributed by atoms with E-state index in [-0.39, 0.29) is 5.56 Å². The molecule has 0 saturated heterocycles. The fourth-order valence-electron chi connectivity index (χ4n) is 1.42. The van der Waals surface area contributed by atoms with E-state index in [1.807, 2.05) is 0 Å². The van der Waals surface area contributed by atoms with Crippen LogP contribution in [0.5, 0.6) is 0 Å². The van der Waals surface area contributed by atoms with E-state index in [1.54, 1.807) is 0 Å². The summed E-state index contributed by atoms with van der Waals surface area (Å²) in [6.45, 7) is 1.19. The van der Waals surface area contributed by atoms with Crippen LogP contribution in [0.3, 0.4) is 0 Å². The second kappa shape index (κ2) is 4.63. The van der Waals surface area contributed by atoms with E-state index in [1.165, 1.54) is 31.2 Å². The molecule has 0 aliphatic carbocycles. The zero-order valence-electron chi connectivity index (χ0n) is 9.31. The van der Waals surface area contributed by atoms with Gasteiger partial charge >= 0.3 is 7.60 Å². The van der Waals surface area contributed by atoms with Crippen molar-refractivity contribution in [1.29, 1.82) is 0 Å². The lowest BCUT2D eigenvalue weighted by Gasteiger charge is -2.30. The number of halogens is 1. The fourth-order valence-corrected chi connectivity index (χ4v) is 2.76. The Balaban J connectivity index is 3.31. The Labute approximate surface area is 93.5 Å². The highest BCUT2D eigenvalue weighted by molar-refractivity contribution is 7.54. The quantitative estimate of drug-likeness (QED) is 0.831. The predicted octanol–water partition coefficient (Wildman–Crippen LogP) is 2.48. The van der Waals surface area contributed by atoms with Gasteiger partial charge in [0.15, 0.2) is 5.34 Å². The van der Waals surface area contributed by atoms with Crippen LogP contribution >= 0.6 is 7.60 Å². The van der Waals surface area contributed by atoms with Gasteiger partial charge in [-0.1, -0.05) is 18.2 Å². The molecule has 0 heterocycles. The van der Waals surface area contributed by atoms with Gasteiger partial charge in [0.1, 0.15) is 5.82 Å². The van der Waals surface area contributed by atoms with Crippen molar-refractivity contribution < 1.29 is 23.1 Å². The first kappa shape index (κ1) is 13.3. The summed E-state index contributed by atoms with van der Waals surface area (Å²) < 4.78 is 34.9. The molecule has 1 aromatic carbocycles. The Kier molecular flexibility index (Phi) is 3.86. The van der Waals surface area contributed by atoms with Crippen molar-refractivity contribution in [2.75, 3.05) is 14.2 Å². The summed E-state index contributed by atoms with van der Waals surface area (Å²) in [5, 5.41) is 8.11. The maximum Gasteiger partial charge on any atom is 0.365 e. The standard InChI is InChI=1S/C10H14FO4P/c1-10(12,16(13,14-2)15-3)8-6-4-5-7-9(8)11/h4-7,12H,1-3H3/t10-/m1/s1.